The first-order valence-corrected chi connectivity index (χ1v) is 4.89. The van der Waals surface area contributed by atoms with Crippen molar-refractivity contribution in [2.75, 3.05) is 6.61 Å². The topological polar surface area (TPSA) is 68.2 Å². The molecule has 0 amide bonds. The van der Waals surface area contributed by atoms with Crippen molar-refractivity contribution in [2.24, 2.45) is 0 Å². The summed E-state index contributed by atoms with van der Waals surface area (Å²) in [6.07, 6.45) is -5.45. The molecular formula is C9H15FO5. The highest BCUT2D eigenvalue weighted by atomic mass is 19.1. The average molecular weight is 222 g/mol. The third kappa shape index (κ3) is 1.88. The van der Waals surface area contributed by atoms with Crippen molar-refractivity contribution in [1.29, 1.82) is 0 Å². The third-order valence-electron chi connectivity index (χ3n) is 2.57. The Labute approximate surface area is 86.7 Å². The van der Waals surface area contributed by atoms with E-state index in [1.807, 2.05) is 0 Å². The van der Waals surface area contributed by atoms with E-state index in [2.05, 4.69) is 0 Å². The highest BCUT2D eigenvalue weighted by Gasteiger charge is 2.56. The van der Waals surface area contributed by atoms with Gasteiger partial charge in [0.15, 0.2) is 18.2 Å². The highest BCUT2D eigenvalue weighted by molar-refractivity contribution is 4.95. The van der Waals surface area contributed by atoms with Crippen molar-refractivity contribution in [3.8, 4) is 0 Å². The van der Waals surface area contributed by atoms with Crippen LogP contribution in [0, 0.1) is 0 Å². The van der Waals surface area contributed by atoms with Gasteiger partial charge >= 0.3 is 0 Å². The summed E-state index contributed by atoms with van der Waals surface area (Å²) in [5.41, 5.74) is 0. The van der Waals surface area contributed by atoms with Gasteiger partial charge in [-0.25, -0.2) is 4.39 Å². The summed E-state index contributed by atoms with van der Waals surface area (Å²) in [6, 6.07) is 0. The van der Waals surface area contributed by atoms with E-state index in [9.17, 15) is 9.50 Å². The van der Waals surface area contributed by atoms with Gasteiger partial charge in [0.1, 0.15) is 18.3 Å². The molecule has 0 saturated carbocycles. The lowest BCUT2D eigenvalue weighted by Crippen LogP contribution is -2.40. The van der Waals surface area contributed by atoms with Gasteiger partial charge < -0.3 is 24.4 Å². The van der Waals surface area contributed by atoms with Crippen molar-refractivity contribution in [2.45, 2.75) is 50.4 Å². The van der Waals surface area contributed by atoms with Crippen LogP contribution in [0.25, 0.3) is 0 Å². The standard InChI is InChI=1S/C9H15FO5/c1-9(2)14-7-5(10)6(4(12)3-11)13-8(7)15-9/h4-8,11-12H,3H2,1-2H3/t4-,5+,6-,7-,8-/m1/s1. The first-order valence-electron chi connectivity index (χ1n) is 4.89. The van der Waals surface area contributed by atoms with E-state index in [-0.39, 0.29) is 0 Å². The summed E-state index contributed by atoms with van der Waals surface area (Å²) in [5, 5.41) is 18.0. The maximum atomic E-state index is 13.7. The minimum Gasteiger partial charge on any atom is -0.394 e. The molecule has 2 heterocycles. The van der Waals surface area contributed by atoms with Gasteiger partial charge in [-0.1, -0.05) is 0 Å². The van der Waals surface area contributed by atoms with Gasteiger partial charge in [-0.05, 0) is 13.8 Å². The lowest BCUT2D eigenvalue weighted by atomic mass is 10.1. The van der Waals surface area contributed by atoms with Gasteiger partial charge in [0.05, 0.1) is 6.61 Å². The fourth-order valence-corrected chi connectivity index (χ4v) is 1.90. The predicted octanol–water partition coefficient (Wildman–Crippen LogP) is -0.446. The van der Waals surface area contributed by atoms with E-state index in [1.54, 1.807) is 13.8 Å². The molecule has 0 bridgehead atoms. The number of halogens is 1. The molecule has 0 aromatic rings. The highest BCUT2D eigenvalue weighted by Crippen LogP contribution is 2.39. The number of hydrogen-bond donors (Lipinski definition) is 2. The Kier molecular flexibility index (Phi) is 2.72. The van der Waals surface area contributed by atoms with E-state index in [1.165, 1.54) is 0 Å². The number of rotatable bonds is 2. The Morgan fingerprint density at radius 3 is 2.60 bits per heavy atom. The molecule has 2 fully saturated rings. The van der Waals surface area contributed by atoms with Crippen LogP contribution in [0.4, 0.5) is 4.39 Å². The van der Waals surface area contributed by atoms with Gasteiger partial charge in [-0.3, -0.25) is 0 Å². The van der Waals surface area contributed by atoms with Crippen molar-refractivity contribution >= 4 is 0 Å². The molecule has 0 aromatic carbocycles. The number of fused-ring (bicyclic) bond motifs is 1. The van der Waals surface area contributed by atoms with Crippen LogP contribution in [-0.4, -0.2) is 53.4 Å². The SMILES string of the molecule is CC1(C)O[C@H]2O[C@H]([C@H](O)CO)[C@H](F)[C@H]2O1. The molecule has 5 atom stereocenters. The average Bonchev–Trinajstić information content (AvgIpc) is 2.60. The van der Waals surface area contributed by atoms with Gasteiger partial charge in [0.25, 0.3) is 0 Å². The van der Waals surface area contributed by atoms with E-state index in [0.717, 1.165) is 0 Å². The minimum atomic E-state index is -1.49. The molecule has 6 heteroatoms. The molecule has 2 N–H and O–H groups in total. The summed E-state index contributed by atoms with van der Waals surface area (Å²) in [5.74, 6) is -0.866. The minimum absolute atomic E-state index is 0.548. The van der Waals surface area contributed by atoms with Crippen LogP contribution in [0.2, 0.25) is 0 Å². The molecule has 5 nitrogen and oxygen atoms in total. The van der Waals surface area contributed by atoms with Gasteiger partial charge in [-0.2, -0.15) is 0 Å². The molecule has 0 unspecified atom stereocenters. The first kappa shape index (κ1) is 11.2. The molecule has 2 aliphatic rings. The maximum Gasteiger partial charge on any atom is 0.190 e. The van der Waals surface area contributed by atoms with Crippen LogP contribution >= 0.6 is 0 Å². The third-order valence-corrected chi connectivity index (χ3v) is 2.57. The zero-order chi connectivity index (χ0) is 11.2. The molecule has 0 spiro atoms. The van der Waals surface area contributed by atoms with Gasteiger partial charge in [0.2, 0.25) is 0 Å². The van der Waals surface area contributed by atoms with Crippen molar-refractivity contribution in [1.82, 2.24) is 0 Å². The Balaban J connectivity index is 2.05. The molecule has 2 aliphatic heterocycles. The predicted molar refractivity (Wildman–Crippen MR) is 46.7 cm³/mol. The van der Waals surface area contributed by atoms with Crippen LogP contribution in [0.15, 0.2) is 0 Å². The molecule has 15 heavy (non-hydrogen) atoms. The quantitative estimate of drug-likeness (QED) is 0.662. The second-order valence-corrected chi connectivity index (χ2v) is 4.26. The molecular weight excluding hydrogens is 207 g/mol. The van der Waals surface area contributed by atoms with Crippen molar-refractivity contribution in [3.05, 3.63) is 0 Å². The van der Waals surface area contributed by atoms with Crippen LogP contribution < -0.4 is 0 Å². The smallest absolute Gasteiger partial charge is 0.190 e. The lowest BCUT2D eigenvalue weighted by molar-refractivity contribution is -0.222. The van der Waals surface area contributed by atoms with E-state index >= 15 is 0 Å². The van der Waals surface area contributed by atoms with Crippen molar-refractivity contribution < 1.29 is 28.8 Å². The largest absolute Gasteiger partial charge is 0.394 e. The Morgan fingerprint density at radius 1 is 1.40 bits per heavy atom. The van der Waals surface area contributed by atoms with E-state index < -0.39 is 43.2 Å². The summed E-state index contributed by atoms with van der Waals surface area (Å²) in [6.45, 7) is 2.78. The molecule has 0 aliphatic carbocycles. The first-order chi connectivity index (χ1) is 6.94. The molecule has 88 valence electrons. The van der Waals surface area contributed by atoms with Crippen LogP contribution in [0.1, 0.15) is 13.8 Å². The number of ether oxygens (including phenoxy) is 3. The Morgan fingerprint density at radius 2 is 2.07 bits per heavy atom. The number of alkyl halides is 1. The van der Waals surface area contributed by atoms with Crippen LogP contribution in [-0.2, 0) is 14.2 Å². The second kappa shape index (κ2) is 3.64. The summed E-state index contributed by atoms with van der Waals surface area (Å²) < 4.78 is 29.5. The monoisotopic (exact) mass is 222 g/mol. The summed E-state index contributed by atoms with van der Waals surface area (Å²) in [4.78, 5) is 0. The maximum absolute atomic E-state index is 13.7. The normalized spacial score (nSPS) is 45.4. The lowest BCUT2D eigenvalue weighted by Gasteiger charge is -2.23. The zero-order valence-electron chi connectivity index (χ0n) is 8.59. The number of aliphatic hydroxyl groups is 2. The van der Waals surface area contributed by atoms with Gasteiger partial charge in [0, 0.05) is 0 Å². The van der Waals surface area contributed by atoms with Crippen LogP contribution in [0.3, 0.4) is 0 Å². The van der Waals surface area contributed by atoms with Crippen LogP contribution in [0.5, 0.6) is 0 Å². The molecule has 2 saturated heterocycles. The fourth-order valence-electron chi connectivity index (χ4n) is 1.90. The van der Waals surface area contributed by atoms with Gasteiger partial charge in [-0.15, -0.1) is 0 Å². The molecule has 0 aromatic heterocycles. The zero-order valence-corrected chi connectivity index (χ0v) is 8.59. The van der Waals surface area contributed by atoms with E-state index in [0.29, 0.717) is 0 Å². The summed E-state index contributed by atoms with van der Waals surface area (Å²) >= 11 is 0. The van der Waals surface area contributed by atoms with E-state index in [4.69, 9.17) is 19.3 Å². The Bertz CT molecular complexity index is 247. The molecule has 0 radical (unpaired) electrons. The second-order valence-electron chi connectivity index (χ2n) is 4.26. The molecule has 2 rings (SSSR count). The number of hydrogen-bond acceptors (Lipinski definition) is 5. The summed E-state index contributed by atoms with van der Waals surface area (Å²) in [7, 11) is 0. The van der Waals surface area contributed by atoms with Crippen molar-refractivity contribution in [3.63, 3.8) is 0 Å². The Hall–Kier alpha value is -0.270. The fraction of sp³-hybridized carbons (Fsp3) is 1.00. The number of aliphatic hydroxyl groups excluding tert-OH is 2.